The van der Waals surface area contributed by atoms with E-state index in [-0.39, 0.29) is 23.0 Å². The highest BCUT2D eigenvalue weighted by Crippen LogP contribution is 2.64. The minimum Gasteiger partial charge on any atom is -0.493 e. The molecular formula is C24H24N2O4. The second-order valence-electron chi connectivity index (χ2n) is 8.89. The Morgan fingerprint density at radius 1 is 1.33 bits per heavy atom. The Hall–Kier alpha value is -2.86. The topological polar surface area (TPSA) is 71.9 Å². The molecule has 154 valence electrons. The number of likely N-dealkylation sites (tertiary alicyclic amines) is 1. The first kappa shape index (κ1) is 18.0. The van der Waals surface area contributed by atoms with Gasteiger partial charge in [0, 0.05) is 29.1 Å². The molecule has 1 spiro atoms. The molecule has 0 saturated carbocycles. The summed E-state index contributed by atoms with van der Waals surface area (Å²) >= 11 is 0. The highest BCUT2D eigenvalue weighted by atomic mass is 16.5. The van der Waals surface area contributed by atoms with Crippen LogP contribution in [-0.2, 0) is 11.8 Å². The van der Waals surface area contributed by atoms with Gasteiger partial charge in [-0.1, -0.05) is 18.2 Å². The number of hydrogen-bond donors (Lipinski definition) is 1. The summed E-state index contributed by atoms with van der Waals surface area (Å²) in [6.07, 6.45) is 7.89. The predicted molar refractivity (Wildman–Crippen MR) is 110 cm³/mol. The summed E-state index contributed by atoms with van der Waals surface area (Å²) in [5.41, 5.74) is 3.25. The summed E-state index contributed by atoms with van der Waals surface area (Å²) < 4.78 is 12.4. The van der Waals surface area contributed by atoms with Gasteiger partial charge in [-0.25, -0.2) is 4.79 Å². The van der Waals surface area contributed by atoms with Crippen molar-refractivity contribution in [2.75, 3.05) is 20.7 Å². The third-order valence-corrected chi connectivity index (χ3v) is 7.77. The molecule has 2 aliphatic carbocycles. The summed E-state index contributed by atoms with van der Waals surface area (Å²) in [6.45, 7) is 0.992. The van der Waals surface area contributed by atoms with Crippen LogP contribution in [0.3, 0.4) is 0 Å². The largest absolute Gasteiger partial charge is 0.493 e. The third-order valence-electron chi connectivity index (χ3n) is 7.77. The Labute approximate surface area is 175 Å². The van der Waals surface area contributed by atoms with Gasteiger partial charge >= 0.3 is 5.97 Å². The maximum absolute atomic E-state index is 11.9. The van der Waals surface area contributed by atoms with Gasteiger partial charge in [0.2, 0.25) is 0 Å². The number of ether oxygens (including phenoxy) is 2. The molecule has 5 atom stereocenters. The van der Waals surface area contributed by atoms with Crippen LogP contribution >= 0.6 is 0 Å². The van der Waals surface area contributed by atoms with Crippen LogP contribution in [0, 0.1) is 5.92 Å². The molecule has 30 heavy (non-hydrogen) atoms. The Morgan fingerprint density at radius 2 is 2.20 bits per heavy atom. The molecule has 3 heterocycles. The Bertz CT molecular complexity index is 1100. The molecule has 0 radical (unpaired) electrons. The Morgan fingerprint density at radius 3 is 3.00 bits per heavy atom. The number of nitrogens with zero attached hydrogens (tertiary/aromatic N) is 2. The molecule has 0 amide bonds. The van der Waals surface area contributed by atoms with Crippen molar-refractivity contribution in [2.24, 2.45) is 5.92 Å². The van der Waals surface area contributed by atoms with Gasteiger partial charge in [-0.3, -0.25) is 4.98 Å². The lowest BCUT2D eigenvalue weighted by Crippen LogP contribution is -2.63. The molecule has 6 heteroatoms. The zero-order chi connectivity index (χ0) is 20.6. The minimum atomic E-state index is -0.954. The Kier molecular flexibility index (Phi) is 3.64. The quantitative estimate of drug-likeness (QED) is 0.793. The van der Waals surface area contributed by atoms with Crippen LogP contribution in [0.25, 0.3) is 0 Å². The van der Waals surface area contributed by atoms with E-state index in [4.69, 9.17) is 9.47 Å². The first-order chi connectivity index (χ1) is 14.6. The standard InChI is InChI=1S/C24H24N2O4/c1-26-11-9-24-16-7-6-14(20-15(23(27)28)4-3-10-25-20)22(24)30-21-18(29-2)8-5-13(19(21)24)12-17(16)26/h3-8,10,14,16-17,22H,9,11-12H2,1-2H3,(H,27,28)/t14?,16-,17+,22?,24-/m0/s1. The highest BCUT2D eigenvalue weighted by molar-refractivity contribution is 5.89. The van der Waals surface area contributed by atoms with Crippen LogP contribution in [0.2, 0.25) is 0 Å². The molecule has 6 rings (SSSR count). The Balaban J connectivity index is 1.60. The van der Waals surface area contributed by atoms with Gasteiger partial charge < -0.3 is 19.5 Å². The van der Waals surface area contributed by atoms with Crippen molar-refractivity contribution in [3.05, 3.63) is 65.0 Å². The van der Waals surface area contributed by atoms with E-state index in [0.717, 1.165) is 30.9 Å². The van der Waals surface area contributed by atoms with E-state index in [1.807, 2.05) is 6.07 Å². The molecule has 1 aromatic heterocycles. The zero-order valence-electron chi connectivity index (χ0n) is 17.0. The lowest BCUT2D eigenvalue weighted by molar-refractivity contribution is -0.00597. The highest BCUT2D eigenvalue weighted by Gasteiger charge is 2.64. The van der Waals surface area contributed by atoms with Crippen molar-refractivity contribution in [2.45, 2.75) is 36.3 Å². The van der Waals surface area contributed by atoms with Gasteiger partial charge in [0.1, 0.15) is 6.10 Å². The van der Waals surface area contributed by atoms with Crippen LogP contribution in [0.5, 0.6) is 11.5 Å². The first-order valence-corrected chi connectivity index (χ1v) is 10.5. The van der Waals surface area contributed by atoms with Crippen molar-refractivity contribution < 1.29 is 19.4 Å². The van der Waals surface area contributed by atoms with Crippen molar-refractivity contribution in [3.63, 3.8) is 0 Å². The van der Waals surface area contributed by atoms with E-state index >= 15 is 0 Å². The lowest BCUT2D eigenvalue weighted by atomic mass is 9.52. The summed E-state index contributed by atoms with van der Waals surface area (Å²) in [5.74, 6) is 0.752. The van der Waals surface area contributed by atoms with E-state index in [2.05, 4.69) is 35.1 Å². The van der Waals surface area contributed by atoms with Gasteiger partial charge in [-0.05, 0) is 50.2 Å². The molecule has 6 nitrogen and oxygen atoms in total. The molecular weight excluding hydrogens is 380 g/mol. The number of carboxylic acid groups (broad SMARTS) is 1. The number of rotatable bonds is 3. The fourth-order valence-corrected chi connectivity index (χ4v) is 6.51. The summed E-state index contributed by atoms with van der Waals surface area (Å²) in [7, 11) is 3.88. The maximum Gasteiger partial charge on any atom is 0.337 e. The average Bonchev–Trinajstić information content (AvgIpc) is 3.11. The van der Waals surface area contributed by atoms with Crippen LogP contribution in [0.1, 0.15) is 39.5 Å². The van der Waals surface area contributed by atoms with Gasteiger partial charge in [0.05, 0.1) is 24.3 Å². The number of hydrogen-bond acceptors (Lipinski definition) is 5. The third kappa shape index (κ3) is 2.07. The number of aromatic carboxylic acids is 1. The fraction of sp³-hybridized carbons (Fsp3) is 0.417. The van der Waals surface area contributed by atoms with E-state index < -0.39 is 5.97 Å². The lowest BCUT2D eigenvalue weighted by Gasteiger charge is -2.57. The van der Waals surface area contributed by atoms with E-state index in [1.165, 1.54) is 11.1 Å². The van der Waals surface area contributed by atoms with Gasteiger partial charge in [-0.2, -0.15) is 0 Å². The first-order valence-electron chi connectivity index (χ1n) is 10.5. The number of aromatic nitrogens is 1. The normalized spacial score (nSPS) is 33.0. The van der Waals surface area contributed by atoms with E-state index in [1.54, 1.807) is 25.4 Å². The van der Waals surface area contributed by atoms with Crippen molar-refractivity contribution in [1.82, 2.24) is 9.88 Å². The van der Waals surface area contributed by atoms with Gasteiger partial charge in [0.15, 0.2) is 11.5 Å². The minimum absolute atomic E-state index is 0.179. The summed E-state index contributed by atoms with van der Waals surface area (Å²) in [5, 5.41) is 9.78. The molecule has 1 N–H and O–H groups in total. The molecule has 4 aliphatic rings. The van der Waals surface area contributed by atoms with Gasteiger partial charge in [0.25, 0.3) is 0 Å². The van der Waals surface area contributed by atoms with Crippen LogP contribution in [0.15, 0.2) is 42.6 Å². The number of benzene rings is 1. The molecule has 2 aromatic rings. The van der Waals surface area contributed by atoms with Crippen LogP contribution in [-0.4, -0.2) is 53.8 Å². The molecule has 2 bridgehead atoms. The van der Waals surface area contributed by atoms with Gasteiger partial charge in [-0.15, -0.1) is 0 Å². The summed E-state index contributed by atoms with van der Waals surface area (Å²) in [6, 6.07) is 7.91. The average molecular weight is 404 g/mol. The second-order valence-corrected chi connectivity index (χ2v) is 8.89. The number of carbonyl (C=O) groups is 1. The maximum atomic E-state index is 11.9. The van der Waals surface area contributed by atoms with Crippen molar-refractivity contribution in [3.8, 4) is 11.5 Å². The van der Waals surface area contributed by atoms with Crippen molar-refractivity contribution >= 4 is 5.97 Å². The number of carboxylic acids is 1. The smallest absolute Gasteiger partial charge is 0.337 e. The number of likely N-dealkylation sites (N-methyl/N-ethyl adjacent to an activating group) is 1. The molecule has 1 fully saturated rings. The SMILES string of the molecule is COc1ccc2c3c1OC1C(c4ncccc4C(=O)O)C=C[C@H]4[C@@H](C2)N(C)CC[C@]314. The zero-order valence-corrected chi connectivity index (χ0v) is 17.0. The van der Waals surface area contributed by atoms with Crippen LogP contribution < -0.4 is 9.47 Å². The molecule has 2 aliphatic heterocycles. The predicted octanol–water partition coefficient (Wildman–Crippen LogP) is 3.02. The molecule has 1 saturated heterocycles. The van der Waals surface area contributed by atoms with Crippen molar-refractivity contribution in [1.29, 1.82) is 0 Å². The van der Waals surface area contributed by atoms with Crippen LogP contribution in [0.4, 0.5) is 0 Å². The second kappa shape index (κ2) is 6.08. The number of pyridine rings is 1. The molecule has 1 aromatic carbocycles. The molecule has 2 unspecified atom stereocenters. The number of piperidine rings is 1. The fourth-order valence-electron chi connectivity index (χ4n) is 6.51. The van der Waals surface area contributed by atoms with E-state index in [9.17, 15) is 9.90 Å². The number of methoxy groups -OCH3 is 1. The van der Waals surface area contributed by atoms with E-state index in [0.29, 0.717) is 17.7 Å². The summed E-state index contributed by atoms with van der Waals surface area (Å²) in [4.78, 5) is 18.9. The monoisotopic (exact) mass is 404 g/mol.